The first-order valence-electron chi connectivity index (χ1n) is 7.17. The molecule has 0 aliphatic carbocycles. The van der Waals surface area contributed by atoms with Gasteiger partial charge in [0.15, 0.2) is 23.8 Å². The standard InChI is InChI=1S/C15H16BrN3O6/c1-4-24-15(21)13-12(17-19-18-13)8-5-9(16)14(10(6-8)22-2)25-7-11(20)23-3/h5-6H,4,7H2,1-3H3,(H,17,18,19). The summed E-state index contributed by atoms with van der Waals surface area (Å²) in [6, 6.07) is 3.27. The molecule has 0 saturated heterocycles. The Morgan fingerprint density at radius 1 is 1.24 bits per heavy atom. The van der Waals surface area contributed by atoms with Gasteiger partial charge in [0.1, 0.15) is 5.69 Å². The number of esters is 2. The molecule has 0 atom stereocenters. The third kappa shape index (κ3) is 4.27. The van der Waals surface area contributed by atoms with Crippen molar-refractivity contribution in [2.45, 2.75) is 6.92 Å². The first-order valence-corrected chi connectivity index (χ1v) is 7.96. The van der Waals surface area contributed by atoms with Crippen molar-refractivity contribution in [3.8, 4) is 22.8 Å². The molecule has 1 aromatic heterocycles. The van der Waals surface area contributed by atoms with Crippen LogP contribution in [0, 0.1) is 0 Å². The van der Waals surface area contributed by atoms with Crippen molar-refractivity contribution in [1.82, 2.24) is 15.4 Å². The van der Waals surface area contributed by atoms with Crippen molar-refractivity contribution >= 4 is 27.9 Å². The first kappa shape index (κ1) is 18.7. The number of carbonyl (C=O) groups excluding carboxylic acids is 2. The molecule has 134 valence electrons. The maximum absolute atomic E-state index is 12.0. The van der Waals surface area contributed by atoms with Gasteiger partial charge in [0.2, 0.25) is 0 Å². The van der Waals surface area contributed by atoms with E-state index in [0.29, 0.717) is 27.2 Å². The molecule has 0 bridgehead atoms. The zero-order chi connectivity index (χ0) is 18.4. The molecule has 9 nitrogen and oxygen atoms in total. The number of halogens is 1. The van der Waals surface area contributed by atoms with E-state index in [1.54, 1.807) is 19.1 Å². The second kappa shape index (κ2) is 8.47. The number of aromatic amines is 1. The zero-order valence-electron chi connectivity index (χ0n) is 13.8. The number of ether oxygens (including phenoxy) is 4. The van der Waals surface area contributed by atoms with Crippen LogP contribution in [0.4, 0.5) is 0 Å². The summed E-state index contributed by atoms with van der Waals surface area (Å²) in [4.78, 5) is 23.2. The number of hydrogen-bond donors (Lipinski definition) is 1. The van der Waals surface area contributed by atoms with Gasteiger partial charge in [-0.25, -0.2) is 9.59 Å². The van der Waals surface area contributed by atoms with Gasteiger partial charge < -0.3 is 18.9 Å². The fraction of sp³-hybridized carbons (Fsp3) is 0.333. The minimum atomic E-state index is -0.590. The quantitative estimate of drug-likeness (QED) is 0.685. The van der Waals surface area contributed by atoms with Gasteiger partial charge in [0, 0.05) is 5.56 Å². The average Bonchev–Trinajstić information content (AvgIpc) is 3.09. The fourth-order valence-electron chi connectivity index (χ4n) is 1.96. The van der Waals surface area contributed by atoms with Gasteiger partial charge in [-0.2, -0.15) is 10.3 Å². The Balaban J connectivity index is 2.39. The van der Waals surface area contributed by atoms with Crippen molar-refractivity contribution in [3.63, 3.8) is 0 Å². The van der Waals surface area contributed by atoms with E-state index in [1.807, 2.05) is 0 Å². The highest BCUT2D eigenvalue weighted by Gasteiger charge is 2.22. The average molecular weight is 414 g/mol. The molecule has 2 rings (SSSR count). The molecule has 0 aliphatic heterocycles. The molecule has 1 N–H and O–H groups in total. The summed E-state index contributed by atoms with van der Waals surface area (Å²) in [7, 11) is 2.72. The van der Waals surface area contributed by atoms with Crippen LogP contribution in [0.1, 0.15) is 17.4 Å². The number of aromatic nitrogens is 3. The lowest BCUT2D eigenvalue weighted by molar-refractivity contribution is -0.142. The van der Waals surface area contributed by atoms with E-state index in [-0.39, 0.29) is 18.9 Å². The molecule has 2 aromatic rings. The highest BCUT2D eigenvalue weighted by Crippen LogP contribution is 2.39. The van der Waals surface area contributed by atoms with Crippen molar-refractivity contribution in [3.05, 3.63) is 22.3 Å². The van der Waals surface area contributed by atoms with Crippen LogP contribution >= 0.6 is 15.9 Å². The predicted octanol–water partition coefficient (Wildman–Crippen LogP) is 1.97. The second-order valence-corrected chi connectivity index (χ2v) is 5.45. The lowest BCUT2D eigenvalue weighted by atomic mass is 10.1. The summed E-state index contributed by atoms with van der Waals surface area (Å²) in [6.07, 6.45) is 0. The van der Waals surface area contributed by atoms with Crippen molar-refractivity contribution in [1.29, 1.82) is 0 Å². The minimum Gasteiger partial charge on any atom is -0.493 e. The van der Waals surface area contributed by atoms with E-state index in [1.165, 1.54) is 14.2 Å². The number of hydrogen-bond acceptors (Lipinski definition) is 8. The summed E-state index contributed by atoms with van der Waals surface area (Å²) >= 11 is 3.36. The Morgan fingerprint density at radius 3 is 2.64 bits per heavy atom. The normalized spacial score (nSPS) is 10.2. The highest BCUT2D eigenvalue weighted by molar-refractivity contribution is 9.10. The maximum atomic E-state index is 12.0. The smallest absolute Gasteiger partial charge is 0.361 e. The SMILES string of the molecule is CCOC(=O)c1n[nH]nc1-c1cc(Br)c(OCC(=O)OC)c(OC)c1. The zero-order valence-corrected chi connectivity index (χ0v) is 15.4. The monoisotopic (exact) mass is 413 g/mol. The van der Waals surface area contributed by atoms with Crippen molar-refractivity contribution in [2.75, 3.05) is 27.4 Å². The number of benzene rings is 1. The first-order chi connectivity index (χ1) is 12.0. The molecular formula is C15H16BrN3O6. The Labute approximate surface area is 151 Å². The third-order valence-electron chi connectivity index (χ3n) is 3.08. The summed E-state index contributed by atoms with van der Waals surface area (Å²) in [6.45, 7) is 1.64. The van der Waals surface area contributed by atoms with E-state index >= 15 is 0 Å². The number of nitrogens with zero attached hydrogens (tertiary/aromatic N) is 2. The fourth-order valence-corrected chi connectivity index (χ4v) is 2.52. The summed E-state index contributed by atoms with van der Waals surface area (Å²) in [5.74, 6) is -0.463. The lowest BCUT2D eigenvalue weighted by Crippen LogP contribution is -2.13. The van der Waals surface area contributed by atoms with E-state index in [4.69, 9.17) is 14.2 Å². The van der Waals surface area contributed by atoms with Crippen LogP contribution in [0.5, 0.6) is 11.5 Å². The molecule has 0 saturated carbocycles. The summed E-state index contributed by atoms with van der Waals surface area (Å²) in [5, 5.41) is 10.2. The van der Waals surface area contributed by atoms with Gasteiger partial charge >= 0.3 is 11.9 Å². The third-order valence-corrected chi connectivity index (χ3v) is 3.67. The molecule has 0 amide bonds. The van der Waals surface area contributed by atoms with Crippen molar-refractivity contribution < 1.29 is 28.5 Å². The molecule has 1 heterocycles. The van der Waals surface area contributed by atoms with Crippen LogP contribution < -0.4 is 9.47 Å². The Morgan fingerprint density at radius 2 is 2.00 bits per heavy atom. The van der Waals surface area contributed by atoms with E-state index in [9.17, 15) is 9.59 Å². The molecule has 0 fully saturated rings. The molecule has 0 radical (unpaired) electrons. The van der Waals surface area contributed by atoms with E-state index in [2.05, 4.69) is 36.1 Å². The van der Waals surface area contributed by atoms with Gasteiger partial charge in [-0.3, -0.25) is 0 Å². The van der Waals surface area contributed by atoms with Crippen LogP contribution in [0.3, 0.4) is 0 Å². The van der Waals surface area contributed by atoms with Gasteiger partial charge in [-0.1, -0.05) is 0 Å². The van der Waals surface area contributed by atoms with Crippen LogP contribution in [-0.4, -0.2) is 54.8 Å². The maximum Gasteiger partial charge on any atom is 0.361 e. The molecule has 0 unspecified atom stereocenters. The van der Waals surface area contributed by atoms with Crippen LogP contribution in [0.25, 0.3) is 11.3 Å². The Kier molecular flexibility index (Phi) is 6.34. The molecular weight excluding hydrogens is 398 g/mol. The van der Waals surface area contributed by atoms with Crippen molar-refractivity contribution in [2.24, 2.45) is 0 Å². The number of rotatable bonds is 7. The van der Waals surface area contributed by atoms with Crippen LogP contribution in [-0.2, 0) is 14.3 Å². The van der Waals surface area contributed by atoms with Gasteiger partial charge in [0.25, 0.3) is 0 Å². The number of methoxy groups -OCH3 is 2. The van der Waals surface area contributed by atoms with E-state index in [0.717, 1.165) is 0 Å². The molecule has 0 aliphatic rings. The minimum absolute atomic E-state index is 0.0547. The predicted molar refractivity (Wildman–Crippen MR) is 89.5 cm³/mol. The van der Waals surface area contributed by atoms with Gasteiger partial charge in [0.05, 0.1) is 25.3 Å². The second-order valence-electron chi connectivity index (χ2n) is 4.60. The molecule has 0 spiro atoms. The Hall–Kier alpha value is -2.62. The molecule has 25 heavy (non-hydrogen) atoms. The van der Waals surface area contributed by atoms with Crippen LogP contribution in [0.2, 0.25) is 0 Å². The molecule has 1 aromatic carbocycles. The summed E-state index contributed by atoms with van der Waals surface area (Å²) < 4.78 is 20.7. The number of H-pyrrole nitrogens is 1. The number of nitrogens with one attached hydrogen (secondary N) is 1. The molecule has 10 heteroatoms. The van der Waals surface area contributed by atoms with Gasteiger partial charge in [-0.15, -0.1) is 5.10 Å². The lowest BCUT2D eigenvalue weighted by Gasteiger charge is -2.13. The van der Waals surface area contributed by atoms with Crippen LogP contribution in [0.15, 0.2) is 16.6 Å². The largest absolute Gasteiger partial charge is 0.493 e. The number of carbonyl (C=O) groups is 2. The van der Waals surface area contributed by atoms with Gasteiger partial charge in [-0.05, 0) is 35.0 Å². The van der Waals surface area contributed by atoms with E-state index < -0.39 is 11.9 Å². The topological polar surface area (TPSA) is 113 Å². The highest BCUT2D eigenvalue weighted by atomic mass is 79.9. The summed E-state index contributed by atoms with van der Waals surface area (Å²) in [5.41, 5.74) is 0.905. The Bertz CT molecular complexity index is 777.